The molecule has 0 bridgehead atoms. The minimum atomic E-state index is -1.88. The lowest BCUT2D eigenvalue weighted by molar-refractivity contribution is -0.143. The Morgan fingerprint density at radius 2 is 1.27 bits per heavy atom. The Bertz CT molecular complexity index is 2490. The van der Waals surface area contributed by atoms with Crippen LogP contribution in [0.1, 0.15) is 77.7 Å². The van der Waals surface area contributed by atoms with Gasteiger partial charge in [-0.2, -0.15) is 0 Å². The quantitative estimate of drug-likeness (QED) is 0.0299. The maximum absolute atomic E-state index is 14.4. The summed E-state index contributed by atoms with van der Waals surface area (Å²) < 4.78 is 3.91. The van der Waals surface area contributed by atoms with Crippen molar-refractivity contribution in [2.75, 3.05) is 39.0 Å². The number of hydrogen-bond donors (Lipinski definition) is 15. The van der Waals surface area contributed by atoms with Crippen LogP contribution in [-0.2, 0) is 64.0 Å². The van der Waals surface area contributed by atoms with Crippen LogP contribution in [0.2, 0.25) is 0 Å². The van der Waals surface area contributed by atoms with Crippen molar-refractivity contribution in [3.8, 4) is 5.75 Å². The van der Waals surface area contributed by atoms with Crippen molar-refractivity contribution in [1.29, 1.82) is 0 Å². The highest BCUT2D eigenvalue weighted by Gasteiger charge is 2.43. The van der Waals surface area contributed by atoms with E-state index in [2.05, 4.69) is 52.5 Å². The van der Waals surface area contributed by atoms with Gasteiger partial charge in [-0.15, -0.1) is 0 Å². The maximum atomic E-state index is 14.4. The van der Waals surface area contributed by atoms with Gasteiger partial charge in [-0.05, 0) is 70.1 Å². The number of aliphatic imine (C=N–C) groups is 2. The molecule has 0 saturated carbocycles. The monoisotopic (exact) mass is 1160 g/mol. The second-order valence-electron chi connectivity index (χ2n) is 19.1. The summed E-state index contributed by atoms with van der Waals surface area (Å²) in [6.07, 6.45) is -1.92. The number of nitrogens with zero attached hydrogens (tertiary/aromatic N) is 3. The van der Waals surface area contributed by atoms with Crippen molar-refractivity contribution in [1.82, 2.24) is 47.4 Å². The van der Waals surface area contributed by atoms with Crippen LogP contribution in [0.25, 0.3) is 0 Å². The molecule has 2 aliphatic heterocycles. The number of aliphatic carboxylic acids is 1. The fourth-order valence-corrected chi connectivity index (χ4v) is 11.0. The highest BCUT2D eigenvalue weighted by molar-refractivity contribution is 8.77. The van der Waals surface area contributed by atoms with Crippen molar-refractivity contribution >= 4 is 104 Å². The molecule has 2 aliphatic rings. The van der Waals surface area contributed by atoms with E-state index in [0.717, 1.165) is 33.4 Å². The first-order valence-corrected chi connectivity index (χ1v) is 27.4. The Morgan fingerprint density at radius 3 is 1.82 bits per heavy atom. The summed E-state index contributed by atoms with van der Waals surface area (Å²) in [5.74, 6) is -12.6. The normalized spacial score (nSPS) is 24.1. The number of guanidine groups is 2. The first-order valence-electron chi connectivity index (χ1n) is 25.1. The van der Waals surface area contributed by atoms with Gasteiger partial charge < -0.3 is 91.7 Å². The number of rotatable bonds is 17. The van der Waals surface area contributed by atoms with Crippen molar-refractivity contribution in [3.05, 3.63) is 29.8 Å². The number of carbonyl (C=O) groups excluding carboxylic acids is 11. The molecule has 3 rings (SSSR count). The molecular formula is C47H73N17O14S2. The summed E-state index contributed by atoms with van der Waals surface area (Å²) in [6, 6.07) is -6.02. The molecule has 8 atom stereocenters. The SMILES string of the molecule is COc1ccc(C[C@@H]2NC(=O)[C@H](CC(=O)O)NC(=O)CNC(=O)[C@H](CCCN=C(N)N)NC(=O)[C@@H]3CCCN3C(=O)[C@H](CC(N)=O)NC(=O)[C@H](NC(C)=O)C(C)(C)SSC[C@@H](C(N)=O)NC(=O)[C@H](CCCN=C(N)N)NC2=O)cc1. The fraction of sp³-hybridized carbons (Fsp3) is 0.574. The number of hydrogen-bond acceptors (Lipinski definition) is 17. The molecule has 1 aromatic carbocycles. The zero-order chi connectivity index (χ0) is 59.9. The molecule has 2 heterocycles. The van der Waals surface area contributed by atoms with E-state index in [1.165, 1.54) is 7.11 Å². The Kier molecular flexibility index (Phi) is 26.5. The Morgan fingerprint density at radius 1 is 0.725 bits per heavy atom. The molecule has 0 unspecified atom stereocenters. The van der Waals surface area contributed by atoms with E-state index in [0.29, 0.717) is 11.3 Å². The van der Waals surface area contributed by atoms with Crippen molar-refractivity contribution in [3.63, 3.8) is 0 Å². The van der Waals surface area contributed by atoms with E-state index in [-0.39, 0.29) is 82.3 Å². The highest BCUT2D eigenvalue weighted by atomic mass is 33.1. The second-order valence-corrected chi connectivity index (χ2v) is 22.1. The van der Waals surface area contributed by atoms with Gasteiger partial charge >= 0.3 is 5.97 Å². The first kappa shape index (κ1) is 66.2. The van der Waals surface area contributed by atoms with E-state index in [9.17, 15) is 62.6 Å². The van der Waals surface area contributed by atoms with Crippen LogP contribution in [-0.4, -0.2) is 185 Å². The van der Waals surface area contributed by atoms with Gasteiger partial charge in [0.2, 0.25) is 65.0 Å². The molecule has 11 amide bonds. The summed E-state index contributed by atoms with van der Waals surface area (Å²) in [5.41, 5.74) is 33.7. The van der Waals surface area contributed by atoms with Gasteiger partial charge in [-0.1, -0.05) is 33.7 Å². The van der Waals surface area contributed by atoms with Crippen LogP contribution in [0.3, 0.4) is 0 Å². The Labute approximate surface area is 468 Å². The topological polar surface area (TPSA) is 515 Å². The standard InChI is InChI=1S/C47H73N17O14S2/c1-23(65)57-36-43(76)62-30(19-33(48)66)44(77)64-17-7-10-32(64)42(75)60-26(8-5-15-54-45(50)51)38(71)56-21-34(67)58-29(20-35(68)69)41(74)61-28(18-24-11-13-25(78-4)14-12-24)40(73)59-27(9-6-16-55-46(52)53)39(72)63-31(37(49)70)22-79-80-47(36,2)3/h11-14,26-32,36H,5-10,15-22H2,1-4H3,(H2,48,66)(H2,49,70)(H,56,71)(H,57,65)(H,58,67)(H,59,73)(H,60,75)(H,61,74)(H,62,76)(H,63,72)(H,68,69)(H4,50,51,54)(H4,52,53,55)/t26-,27-,28-,29-,30-,31-,32-,36-/m0/s1. The van der Waals surface area contributed by atoms with E-state index in [1.807, 2.05) is 0 Å². The van der Waals surface area contributed by atoms with E-state index in [1.54, 1.807) is 38.1 Å². The number of benzene rings is 1. The molecule has 1 aromatic rings. The molecule has 0 aromatic heterocycles. The minimum Gasteiger partial charge on any atom is -0.497 e. The lowest BCUT2D eigenvalue weighted by Gasteiger charge is -2.35. The number of carboxylic acid groups (broad SMARTS) is 1. The number of ether oxygens (including phenoxy) is 1. The number of carbonyl (C=O) groups is 12. The number of primary amides is 2. The molecule has 0 spiro atoms. The number of nitrogens with two attached hydrogens (primary N) is 6. The zero-order valence-corrected chi connectivity index (χ0v) is 46.3. The molecule has 2 fully saturated rings. The maximum Gasteiger partial charge on any atom is 0.305 e. The number of nitrogens with one attached hydrogen (secondary N) is 8. The molecule has 442 valence electrons. The number of fused-ring (bicyclic) bond motifs is 1. The lowest BCUT2D eigenvalue weighted by atomic mass is 10.0. The van der Waals surface area contributed by atoms with Crippen molar-refractivity contribution in [2.24, 2.45) is 44.4 Å². The van der Waals surface area contributed by atoms with Gasteiger partial charge in [0, 0.05) is 43.5 Å². The molecular weight excluding hydrogens is 1090 g/mol. The second kappa shape index (κ2) is 32.1. The molecule has 33 heteroatoms. The van der Waals surface area contributed by atoms with Crippen LogP contribution in [0.4, 0.5) is 0 Å². The van der Waals surface area contributed by atoms with Crippen LogP contribution in [0.15, 0.2) is 34.3 Å². The highest BCUT2D eigenvalue weighted by Crippen LogP contribution is 2.39. The lowest BCUT2D eigenvalue weighted by Crippen LogP contribution is -2.61. The van der Waals surface area contributed by atoms with Gasteiger partial charge in [-0.25, -0.2) is 0 Å². The van der Waals surface area contributed by atoms with Gasteiger partial charge in [0.15, 0.2) is 11.9 Å². The summed E-state index contributed by atoms with van der Waals surface area (Å²) >= 11 is 0. The Hall–Kier alpha value is -8.10. The third-order valence-corrected chi connectivity index (χ3v) is 15.5. The average molecular weight is 1160 g/mol. The van der Waals surface area contributed by atoms with Gasteiger partial charge in [0.05, 0.1) is 26.5 Å². The number of carboxylic acids is 1. The summed E-state index contributed by atoms with van der Waals surface area (Å²) in [5, 5.41) is 29.6. The van der Waals surface area contributed by atoms with E-state index >= 15 is 0 Å². The third kappa shape index (κ3) is 22.3. The van der Waals surface area contributed by atoms with Gasteiger partial charge in [0.1, 0.15) is 54.1 Å². The van der Waals surface area contributed by atoms with Gasteiger partial charge in [-0.3, -0.25) is 67.5 Å². The zero-order valence-electron chi connectivity index (χ0n) is 44.7. The number of methoxy groups -OCH3 is 1. The van der Waals surface area contributed by atoms with E-state index in [4.69, 9.17) is 39.1 Å². The molecule has 2 saturated heterocycles. The average Bonchev–Trinajstić information content (AvgIpc) is 3.87. The predicted octanol–water partition coefficient (Wildman–Crippen LogP) is -6.13. The van der Waals surface area contributed by atoms with Crippen LogP contribution >= 0.6 is 21.6 Å². The molecule has 0 radical (unpaired) electrons. The minimum absolute atomic E-state index is 0.0108. The first-order chi connectivity index (χ1) is 37.6. The van der Waals surface area contributed by atoms with Crippen LogP contribution < -0.4 is 81.7 Å². The van der Waals surface area contributed by atoms with Gasteiger partial charge in [0.25, 0.3) is 0 Å². The Balaban J connectivity index is 2.18. The third-order valence-electron chi connectivity index (χ3n) is 12.2. The number of amides is 11. The molecule has 0 aliphatic carbocycles. The predicted molar refractivity (Wildman–Crippen MR) is 293 cm³/mol. The van der Waals surface area contributed by atoms with E-state index < -0.39 is 143 Å². The fourth-order valence-electron chi connectivity index (χ4n) is 8.17. The van der Waals surface area contributed by atoms with Crippen molar-refractivity contribution < 1.29 is 67.4 Å². The largest absolute Gasteiger partial charge is 0.497 e. The summed E-state index contributed by atoms with van der Waals surface area (Å²) in [7, 11) is 3.32. The summed E-state index contributed by atoms with van der Waals surface area (Å²) in [6.45, 7) is 3.22. The summed E-state index contributed by atoms with van der Waals surface area (Å²) in [4.78, 5) is 172. The smallest absolute Gasteiger partial charge is 0.305 e. The molecule has 31 nitrogen and oxygen atoms in total. The van der Waals surface area contributed by atoms with Crippen LogP contribution in [0, 0.1) is 0 Å². The van der Waals surface area contributed by atoms with Crippen LogP contribution in [0.5, 0.6) is 5.75 Å². The molecule has 80 heavy (non-hydrogen) atoms. The van der Waals surface area contributed by atoms with Crippen molar-refractivity contribution in [2.45, 2.75) is 132 Å². The molecule has 21 N–H and O–H groups in total.